The van der Waals surface area contributed by atoms with Gasteiger partial charge in [0.05, 0.1) is 7.11 Å². The van der Waals surface area contributed by atoms with E-state index in [-0.39, 0.29) is 5.91 Å². The van der Waals surface area contributed by atoms with Crippen LogP contribution >= 0.6 is 11.6 Å². The van der Waals surface area contributed by atoms with Crippen LogP contribution in [0.1, 0.15) is 21.6 Å². The maximum Gasteiger partial charge on any atom is 0.272 e. The van der Waals surface area contributed by atoms with E-state index in [4.69, 9.17) is 16.3 Å². The van der Waals surface area contributed by atoms with Gasteiger partial charge >= 0.3 is 0 Å². The van der Waals surface area contributed by atoms with Crippen molar-refractivity contribution in [2.24, 2.45) is 0 Å². The Hall–Kier alpha value is -2.46. The summed E-state index contributed by atoms with van der Waals surface area (Å²) in [5.41, 5.74) is 3.95. The van der Waals surface area contributed by atoms with E-state index < -0.39 is 0 Å². The lowest BCUT2D eigenvalue weighted by Crippen LogP contribution is -2.13. The molecule has 1 amide bonds. The normalized spacial score (nSPS) is 10.8. The number of amides is 1. The molecular formula is C18H17ClN2O2. The SMILES string of the molecule is COc1ccc2[nH]c(C(=O)Nc3ccc(C)c(Cl)c3)c(C)c2c1. The van der Waals surface area contributed by atoms with E-state index in [1.54, 1.807) is 13.2 Å². The van der Waals surface area contributed by atoms with Crippen LogP contribution in [0.15, 0.2) is 36.4 Å². The summed E-state index contributed by atoms with van der Waals surface area (Å²) in [5, 5.41) is 4.47. The number of fused-ring (bicyclic) bond motifs is 1. The Morgan fingerprint density at radius 3 is 2.65 bits per heavy atom. The minimum atomic E-state index is -0.197. The van der Waals surface area contributed by atoms with Crippen LogP contribution in [0, 0.1) is 13.8 Å². The number of anilines is 1. The molecule has 0 bridgehead atoms. The minimum Gasteiger partial charge on any atom is -0.497 e. The molecule has 0 saturated heterocycles. The molecule has 0 aliphatic rings. The van der Waals surface area contributed by atoms with Crippen LogP contribution in [0.4, 0.5) is 5.69 Å². The van der Waals surface area contributed by atoms with E-state index in [0.717, 1.165) is 27.8 Å². The van der Waals surface area contributed by atoms with E-state index in [2.05, 4.69) is 10.3 Å². The highest BCUT2D eigenvalue weighted by Crippen LogP contribution is 2.27. The summed E-state index contributed by atoms with van der Waals surface area (Å²) in [6, 6.07) is 11.1. The van der Waals surface area contributed by atoms with Crippen molar-refractivity contribution in [2.75, 3.05) is 12.4 Å². The van der Waals surface area contributed by atoms with Gasteiger partial charge in [0.25, 0.3) is 5.91 Å². The Labute approximate surface area is 139 Å². The molecule has 118 valence electrons. The van der Waals surface area contributed by atoms with Crippen LogP contribution in [0.3, 0.4) is 0 Å². The Balaban J connectivity index is 1.94. The average Bonchev–Trinajstić information content (AvgIpc) is 2.87. The molecular weight excluding hydrogens is 312 g/mol. The zero-order chi connectivity index (χ0) is 16.6. The second-order valence-electron chi connectivity index (χ2n) is 5.45. The number of aryl methyl sites for hydroxylation is 2. The Morgan fingerprint density at radius 2 is 1.96 bits per heavy atom. The Morgan fingerprint density at radius 1 is 1.17 bits per heavy atom. The molecule has 0 radical (unpaired) electrons. The molecule has 0 aliphatic heterocycles. The fourth-order valence-electron chi connectivity index (χ4n) is 2.52. The maximum atomic E-state index is 12.5. The molecule has 0 fully saturated rings. The van der Waals surface area contributed by atoms with Crippen LogP contribution in [0.2, 0.25) is 5.02 Å². The molecule has 0 aliphatic carbocycles. The number of aromatic amines is 1. The van der Waals surface area contributed by atoms with E-state index in [1.807, 2.05) is 44.2 Å². The van der Waals surface area contributed by atoms with Crippen LogP contribution < -0.4 is 10.1 Å². The maximum absolute atomic E-state index is 12.5. The fourth-order valence-corrected chi connectivity index (χ4v) is 2.70. The first-order valence-electron chi connectivity index (χ1n) is 7.23. The van der Waals surface area contributed by atoms with Crippen molar-refractivity contribution < 1.29 is 9.53 Å². The molecule has 3 aromatic rings. The lowest BCUT2D eigenvalue weighted by Gasteiger charge is -2.06. The molecule has 0 atom stereocenters. The van der Waals surface area contributed by atoms with Gasteiger partial charge in [-0.2, -0.15) is 0 Å². The number of carbonyl (C=O) groups is 1. The number of hydrogen-bond acceptors (Lipinski definition) is 2. The van der Waals surface area contributed by atoms with Gasteiger partial charge in [0.1, 0.15) is 11.4 Å². The summed E-state index contributed by atoms with van der Waals surface area (Å²) in [6.45, 7) is 3.83. The summed E-state index contributed by atoms with van der Waals surface area (Å²) in [5.74, 6) is 0.564. The number of benzene rings is 2. The number of methoxy groups -OCH3 is 1. The summed E-state index contributed by atoms with van der Waals surface area (Å²) in [4.78, 5) is 15.7. The fraction of sp³-hybridized carbons (Fsp3) is 0.167. The second kappa shape index (κ2) is 5.97. The minimum absolute atomic E-state index is 0.197. The summed E-state index contributed by atoms with van der Waals surface area (Å²) >= 11 is 6.10. The summed E-state index contributed by atoms with van der Waals surface area (Å²) in [7, 11) is 1.62. The van der Waals surface area contributed by atoms with Gasteiger partial charge in [0.15, 0.2) is 0 Å². The van der Waals surface area contributed by atoms with Gasteiger partial charge in [-0.15, -0.1) is 0 Å². The van der Waals surface area contributed by atoms with E-state index >= 15 is 0 Å². The Kier molecular flexibility index (Phi) is 4.01. The zero-order valence-electron chi connectivity index (χ0n) is 13.2. The van der Waals surface area contributed by atoms with Crippen LogP contribution in [-0.4, -0.2) is 18.0 Å². The van der Waals surface area contributed by atoms with Crippen LogP contribution in [-0.2, 0) is 0 Å². The Bertz CT molecular complexity index is 899. The van der Waals surface area contributed by atoms with E-state index in [9.17, 15) is 4.79 Å². The van der Waals surface area contributed by atoms with Gasteiger partial charge in [-0.1, -0.05) is 17.7 Å². The molecule has 23 heavy (non-hydrogen) atoms. The van der Waals surface area contributed by atoms with Crippen molar-refractivity contribution in [1.82, 2.24) is 4.98 Å². The molecule has 4 nitrogen and oxygen atoms in total. The molecule has 0 unspecified atom stereocenters. The third kappa shape index (κ3) is 2.90. The second-order valence-corrected chi connectivity index (χ2v) is 5.86. The number of ether oxygens (including phenoxy) is 1. The highest BCUT2D eigenvalue weighted by molar-refractivity contribution is 6.31. The first-order chi connectivity index (χ1) is 11.0. The predicted molar refractivity (Wildman–Crippen MR) is 93.7 cm³/mol. The molecule has 1 heterocycles. The first kappa shape index (κ1) is 15.4. The monoisotopic (exact) mass is 328 g/mol. The van der Waals surface area contributed by atoms with Gasteiger partial charge in [-0.3, -0.25) is 4.79 Å². The number of hydrogen-bond donors (Lipinski definition) is 2. The summed E-state index contributed by atoms with van der Waals surface area (Å²) < 4.78 is 5.24. The molecule has 2 N–H and O–H groups in total. The predicted octanol–water partition coefficient (Wildman–Crippen LogP) is 4.70. The lowest BCUT2D eigenvalue weighted by atomic mass is 10.1. The number of nitrogens with one attached hydrogen (secondary N) is 2. The molecule has 2 aromatic carbocycles. The van der Waals surface area contributed by atoms with E-state index in [0.29, 0.717) is 16.4 Å². The summed E-state index contributed by atoms with van der Waals surface area (Å²) in [6.07, 6.45) is 0. The highest BCUT2D eigenvalue weighted by atomic mass is 35.5. The third-order valence-electron chi connectivity index (χ3n) is 3.92. The van der Waals surface area contributed by atoms with Gasteiger partial charge in [0.2, 0.25) is 0 Å². The zero-order valence-corrected chi connectivity index (χ0v) is 13.9. The highest BCUT2D eigenvalue weighted by Gasteiger charge is 2.15. The van der Waals surface area contributed by atoms with Crippen LogP contribution in [0.5, 0.6) is 5.75 Å². The number of H-pyrrole nitrogens is 1. The topological polar surface area (TPSA) is 54.1 Å². The van der Waals surface area contributed by atoms with Crippen molar-refractivity contribution in [3.05, 3.63) is 58.2 Å². The molecule has 5 heteroatoms. The van der Waals surface area contributed by atoms with Gasteiger partial charge < -0.3 is 15.0 Å². The smallest absolute Gasteiger partial charge is 0.272 e. The molecule has 0 spiro atoms. The van der Waals surface area contributed by atoms with Gasteiger partial charge in [0, 0.05) is 21.6 Å². The number of carbonyl (C=O) groups excluding carboxylic acids is 1. The largest absolute Gasteiger partial charge is 0.497 e. The number of halogens is 1. The quantitative estimate of drug-likeness (QED) is 0.732. The van der Waals surface area contributed by atoms with Crippen molar-refractivity contribution in [1.29, 1.82) is 0 Å². The van der Waals surface area contributed by atoms with Crippen molar-refractivity contribution >= 4 is 34.1 Å². The first-order valence-corrected chi connectivity index (χ1v) is 7.61. The molecule has 3 rings (SSSR count). The lowest BCUT2D eigenvalue weighted by molar-refractivity contribution is 0.102. The van der Waals surface area contributed by atoms with E-state index in [1.165, 1.54) is 0 Å². The van der Waals surface area contributed by atoms with Crippen molar-refractivity contribution in [2.45, 2.75) is 13.8 Å². The third-order valence-corrected chi connectivity index (χ3v) is 4.33. The molecule has 0 saturated carbocycles. The average molecular weight is 329 g/mol. The number of rotatable bonds is 3. The molecule has 1 aromatic heterocycles. The van der Waals surface area contributed by atoms with Gasteiger partial charge in [-0.25, -0.2) is 0 Å². The van der Waals surface area contributed by atoms with Crippen LogP contribution in [0.25, 0.3) is 10.9 Å². The number of aromatic nitrogens is 1. The van der Waals surface area contributed by atoms with Crippen molar-refractivity contribution in [3.63, 3.8) is 0 Å². The van der Waals surface area contributed by atoms with Gasteiger partial charge in [-0.05, 0) is 55.3 Å². The standard InChI is InChI=1S/C18H17ClN2O2/c1-10-4-5-12(8-15(10)19)20-18(22)17-11(2)14-9-13(23-3)6-7-16(14)21-17/h4-9,21H,1-3H3,(H,20,22). The van der Waals surface area contributed by atoms with Crippen molar-refractivity contribution in [3.8, 4) is 5.75 Å².